The van der Waals surface area contributed by atoms with Crippen molar-refractivity contribution in [3.63, 3.8) is 0 Å². The quantitative estimate of drug-likeness (QED) is 0.597. The Balaban J connectivity index is 1.65. The molecule has 1 heterocycles. The number of nitrogens with one attached hydrogen (secondary N) is 2. The van der Waals surface area contributed by atoms with E-state index >= 15 is 0 Å². The van der Waals surface area contributed by atoms with Crippen LogP contribution in [0.4, 0.5) is 15.9 Å². The number of hydrogen-bond acceptors (Lipinski definition) is 2. The third kappa shape index (κ3) is 4.92. The summed E-state index contributed by atoms with van der Waals surface area (Å²) >= 11 is 17.4. The van der Waals surface area contributed by atoms with Gasteiger partial charge in [-0.1, -0.05) is 41.4 Å². The van der Waals surface area contributed by atoms with E-state index < -0.39 is 0 Å². The third-order valence-electron chi connectivity index (χ3n) is 3.29. The topological polar surface area (TPSA) is 41.9 Å². The van der Waals surface area contributed by atoms with Crippen molar-refractivity contribution in [1.82, 2.24) is 9.78 Å². The normalized spacial score (nSPS) is 10.5. The molecular formula is C17H13Cl2FN4S. The van der Waals surface area contributed by atoms with Crippen LogP contribution in [0.1, 0.15) is 5.56 Å². The molecule has 2 aromatic carbocycles. The lowest BCUT2D eigenvalue weighted by molar-refractivity contribution is 0.624. The van der Waals surface area contributed by atoms with E-state index in [2.05, 4.69) is 15.7 Å². The van der Waals surface area contributed by atoms with Gasteiger partial charge in [-0.25, -0.2) is 4.39 Å². The van der Waals surface area contributed by atoms with Crippen molar-refractivity contribution in [3.8, 4) is 0 Å². The van der Waals surface area contributed by atoms with E-state index in [1.54, 1.807) is 35.1 Å². The van der Waals surface area contributed by atoms with Gasteiger partial charge in [0.05, 0.1) is 6.54 Å². The molecule has 8 heteroatoms. The largest absolute Gasteiger partial charge is 0.332 e. The van der Waals surface area contributed by atoms with Crippen LogP contribution in [0, 0.1) is 5.82 Å². The van der Waals surface area contributed by atoms with Gasteiger partial charge < -0.3 is 10.6 Å². The average Bonchev–Trinajstić information content (AvgIpc) is 2.89. The number of thiocarbonyl (C=S) groups is 1. The lowest BCUT2D eigenvalue weighted by atomic mass is 10.2. The highest BCUT2D eigenvalue weighted by molar-refractivity contribution is 7.80. The summed E-state index contributed by atoms with van der Waals surface area (Å²) in [5.41, 5.74) is 1.67. The van der Waals surface area contributed by atoms with Gasteiger partial charge in [-0.2, -0.15) is 5.10 Å². The standard InChI is InChI=1S/C17H13Cl2FN4S/c18-12-2-1-3-14(8-12)21-17(25)22-16-15(19)10-24(23-16)9-11-4-6-13(20)7-5-11/h1-8,10H,9H2,(H2,21,22,23,25). The predicted molar refractivity (Wildman–Crippen MR) is 104 cm³/mol. The van der Waals surface area contributed by atoms with E-state index in [0.29, 0.717) is 27.5 Å². The van der Waals surface area contributed by atoms with E-state index in [1.807, 2.05) is 12.1 Å². The predicted octanol–water partition coefficient (Wildman–Crippen LogP) is 5.19. The van der Waals surface area contributed by atoms with Crippen molar-refractivity contribution in [2.75, 3.05) is 10.6 Å². The van der Waals surface area contributed by atoms with Crippen molar-refractivity contribution < 1.29 is 4.39 Å². The van der Waals surface area contributed by atoms with Crippen LogP contribution in [0.15, 0.2) is 54.7 Å². The fourth-order valence-electron chi connectivity index (χ4n) is 2.18. The van der Waals surface area contributed by atoms with Crippen molar-refractivity contribution in [2.45, 2.75) is 6.54 Å². The van der Waals surface area contributed by atoms with Gasteiger partial charge in [-0.3, -0.25) is 4.68 Å². The van der Waals surface area contributed by atoms with Crippen LogP contribution < -0.4 is 10.6 Å². The van der Waals surface area contributed by atoms with Crippen LogP contribution in [0.2, 0.25) is 10.0 Å². The van der Waals surface area contributed by atoms with E-state index in [-0.39, 0.29) is 5.82 Å². The molecule has 0 spiro atoms. The molecule has 1 aromatic heterocycles. The zero-order valence-corrected chi connectivity index (χ0v) is 15.2. The van der Waals surface area contributed by atoms with E-state index in [1.165, 1.54) is 12.1 Å². The summed E-state index contributed by atoms with van der Waals surface area (Å²) < 4.78 is 14.6. The third-order valence-corrected chi connectivity index (χ3v) is 4.01. The van der Waals surface area contributed by atoms with Crippen molar-refractivity contribution in [2.24, 2.45) is 0 Å². The number of halogens is 3. The first kappa shape index (κ1) is 17.7. The van der Waals surface area contributed by atoms with Gasteiger partial charge in [0, 0.05) is 16.9 Å². The Bertz CT molecular complexity index is 896. The number of hydrogen-bond donors (Lipinski definition) is 2. The number of benzene rings is 2. The Labute approximate surface area is 159 Å². The number of rotatable bonds is 4. The molecule has 3 rings (SSSR count). The Hall–Kier alpha value is -2.15. The van der Waals surface area contributed by atoms with E-state index in [9.17, 15) is 4.39 Å². The second-order valence-corrected chi connectivity index (χ2v) is 6.49. The minimum atomic E-state index is -0.276. The van der Waals surface area contributed by atoms with Crippen LogP contribution in [0.25, 0.3) is 0 Å². The summed E-state index contributed by atoms with van der Waals surface area (Å²) in [6.07, 6.45) is 1.68. The summed E-state index contributed by atoms with van der Waals surface area (Å²) in [5, 5.41) is 11.7. The second-order valence-electron chi connectivity index (χ2n) is 5.24. The second kappa shape index (κ2) is 7.82. The van der Waals surface area contributed by atoms with Gasteiger partial charge in [-0.15, -0.1) is 0 Å². The molecule has 0 saturated carbocycles. The maximum Gasteiger partial charge on any atom is 0.176 e. The number of anilines is 2. The highest BCUT2D eigenvalue weighted by Gasteiger charge is 2.09. The summed E-state index contributed by atoms with van der Waals surface area (Å²) in [4.78, 5) is 0. The molecule has 0 amide bonds. The minimum absolute atomic E-state index is 0.276. The molecule has 0 atom stereocenters. The van der Waals surface area contributed by atoms with Gasteiger partial charge in [0.15, 0.2) is 10.9 Å². The molecule has 0 aliphatic rings. The first-order valence-corrected chi connectivity index (χ1v) is 8.47. The maximum absolute atomic E-state index is 13.0. The Morgan fingerprint density at radius 2 is 1.88 bits per heavy atom. The van der Waals surface area contributed by atoms with Crippen LogP contribution >= 0.6 is 35.4 Å². The van der Waals surface area contributed by atoms with Gasteiger partial charge in [0.25, 0.3) is 0 Å². The fourth-order valence-corrected chi connectivity index (χ4v) is 2.78. The smallest absolute Gasteiger partial charge is 0.176 e. The molecule has 0 bridgehead atoms. The zero-order valence-electron chi connectivity index (χ0n) is 12.8. The van der Waals surface area contributed by atoms with Gasteiger partial charge >= 0.3 is 0 Å². The molecule has 0 aliphatic carbocycles. The van der Waals surface area contributed by atoms with Gasteiger partial charge in [0.2, 0.25) is 0 Å². The summed E-state index contributed by atoms with van der Waals surface area (Å²) in [6.45, 7) is 0.468. The molecule has 128 valence electrons. The Morgan fingerprint density at radius 1 is 1.12 bits per heavy atom. The first-order chi connectivity index (χ1) is 12.0. The summed E-state index contributed by atoms with van der Waals surface area (Å²) in [7, 11) is 0. The molecule has 0 unspecified atom stereocenters. The molecule has 0 saturated heterocycles. The molecule has 25 heavy (non-hydrogen) atoms. The van der Waals surface area contributed by atoms with Gasteiger partial charge in [0.1, 0.15) is 10.8 Å². The summed E-state index contributed by atoms with van der Waals surface area (Å²) in [6, 6.07) is 13.4. The van der Waals surface area contributed by atoms with E-state index in [0.717, 1.165) is 11.3 Å². The summed E-state index contributed by atoms with van der Waals surface area (Å²) in [5.74, 6) is 0.158. The van der Waals surface area contributed by atoms with Crippen molar-refractivity contribution >= 4 is 52.0 Å². The Kier molecular flexibility index (Phi) is 5.53. The SMILES string of the molecule is Fc1ccc(Cn2cc(Cl)c(NC(=S)Nc3cccc(Cl)c3)n2)cc1. The molecular weight excluding hydrogens is 382 g/mol. The molecule has 0 fully saturated rings. The van der Waals surface area contributed by atoms with Crippen LogP contribution in [-0.2, 0) is 6.54 Å². The fraction of sp³-hybridized carbons (Fsp3) is 0.0588. The maximum atomic E-state index is 13.0. The van der Waals surface area contributed by atoms with Gasteiger partial charge in [-0.05, 0) is 48.1 Å². The lowest BCUT2D eigenvalue weighted by Gasteiger charge is -2.09. The van der Waals surface area contributed by atoms with Crippen LogP contribution in [0.5, 0.6) is 0 Å². The van der Waals surface area contributed by atoms with Crippen LogP contribution in [0.3, 0.4) is 0 Å². The molecule has 0 aliphatic heterocycles. The van der Waals surface area contributed by atoms with E-state index in [4.69, 9.17) is 35.4 Å². The number of nitrogens with zero attached hydrogens (tertiary/aromatic N) is 2. The molecule has 2 N–H and O–H groups in total. The molecule has 0 radical (unpaired) electrons. The first-order valence-electron chi connectivity index (χ1n) is 7.30. The lowest BCUT2D eigenvalue weighted by Crippen LogP contribution is -2.19. The van der Waals surface area contributed by atoms with Crippen molar-refractivity contribution in [1.29, 1.82) is 0 Å². The monoisotopic (exact) mass is 394 g/mol. The average molecular weight is 395 g/mol. The zero-order chi connectivity index (χ0) is 17.8. The minimum Gasteiger partial charge on any atom is -0.332 e. The van der Waals surface area contributed by atoms with Crippen LogP contribution in [-0.4, -0.2) is 14.9 Å². The number of aromatic nitrogens is 2. The molecule has 4 nitrogen and oxygen atoms in total. The highest BCUT2D eigenvalue weighted by Crippen LogP contribution is 2.21. The Morgan fingerprint density at radius 3 is 2.60 bits per heavy atom. The highest BCUT2D eigenvalue weighted by atomic mass is 35.5. The van der Waals surface area contributed by atoms with Crippen molar-refractivity contribution in [3.05, 3.63) is 76.2 Å². The molecule has 3 aromatic rings.